The van der Waals surface area contributed by atoms with Crippen molar-refractivity contribution in [2.24, 2.45) is 5.41 Å². The number of ether oxygens (including phenoxy) is 2. The number of carbonyl (C=O) groups excluding carboxylic acids is 2. The third-order valence-electron chi connectivity index (χ3n) is 4.75. The average molecular weight is 361 g/mol. The van der Waals surface area contributed by atoms with Crippen LogP contribution >= 0.6 is 0 Å². The summed E-state index contributed by atoms with van der Waals surface area (Å²) in [5.74, 6) is 0.636. The van der Waals surface area contributed by atoms with Crippen LogP contribution in [0.25, 0.3) is 0 Å². The molecule has 2 heterocycles. The van der Waals surface area contributed by atoms with E-state index in [0.717, 1.165) is 25.1 Å². The molecule has 0 spiro atoms. The lowest BCUT2D eigenvalue weighted by Crippen LogP contribution is -2.42. The van der Waals surface area contributed by atoms with Crippen LogP contribution in [0.5, 0.6) is 5.75 Å². The fourth-order valence-corrected chi connectivity index (χ4v) is 3.23. The van der Waals surface area contributed by atoms with Gasteiger partial charge < -0.3 is 25.0 Å². The van der Waals surface area contributed by atoms with E-state index in [2.05, 4.69) is 10.6 Å². The molecule has 7 heteroatoms. The van der Waals surface area contributed by atoms with E-state index >= 15 is 0 Å². The third kappa shape index (κ3) is 3.93. The lowest BCUT2D eigenvalue weighted by atomic mass is 9.93. The van der Waals surface area contributed by atoms with E-state index in [9.17, 15) is 9.59 Å². The second kappa shape index (κ2) is 7.53. The van der Waals surface area contributed by atoms with E-state index in [4.69, 9.17) is 9.47 Å². The van der Waals surface area contributed by atoms with Crippen molar-refractivity contribution in [2.75, 3.05) is 36.5 Å². The van der Waals surface area contributed by atoms with Gasteiger partial charge in [0.15, 0.2) is 0 Å². The van der Waals surface area contributed by atoms with Gasteiger partial charge in [-0.2, -0.15) is 0 Å². The van der Waals surface area contributed by atoms with Crippen LogP contribution in [0.3, 0.4) is 0 Å². The first-order chi connectivity index (χ1) is 12.4. The molecule has 1 fully saturated rings. The second-order valence-electron chi connectivity index (χ2n) is 7.37. The minimum absolute atomic E-state index is 0.0359. The average Bonchev–Trinajstić information content (AvgIpc) is 3.10. The summed E-state index contributed by atoms with van der Waals surface area (Å²) in [6.45, 7) is 7.81. The molecule has 3 rings (SSSR count). The molecule has 7 nitrogen and oxygen atoms in total. The molecule has 2 aliphatic rings. The Balaban J connectivity index is 1.69. The zero-order chi connectivity index (χ0) is 18.7. The number of nitrogens with zero attached hydrogens (tertiary/aromatic N) is 1. The predicted octanol–water partition coefficient (Wildman–Crippen LogP) is 2.76. The summed E-state index contributed by atoms with van der Waals surface area (Å²) in [5, 5.41) is 5.64. The highest BCUT2D eigenvalue weighted by molar-refractivity contribution is 6.00. The summed E-state index contributed by atoms with van der Waals surface area (Å²) in [7, 11) is 0. The van der Waals surface area contributed by atoms with Crippen molar-refractivity contribution in [3.05, 3.63) is 18.2 Å². The van der Waals surface area contributed by atoms with Crippen LogP contribution in [-0.2, 0) is 9.53 Å². The Labute approximate surface area is 154 Å². The number of nitrogens with one attached hydrogen (secondary N) is 2. The van der Waals surface area contributed by atoms with Gasteiger partial charge in [-0.1, -0.05) is 0 Å². The van der Waals surface area contributed by atoms with Crippen molar-refractivity contribution >= 4 is 23.3 Å². The Morgan fingerprint density at radius 1 is 1.38 bits per heavy atom. The minimum atomic E-state index is -0.596. The van der Waals surface area contributed by atoms with Gasteiger partial charge in [-0.15, -0.1) is 0 Å². The summed E-state index contributed by atoms with van der Waals surface area (Å²) in [5.41, 5.74) is 0.756. The standard InChI is InChI=1S/C19H27N3O4/c1-4-22-15-8-7-13(10-16(15)26-12-19(2,3)17(22)23)21-18(24)20-11-14-6-5-9-25-14/h7-8,10,14H,4-6,9,11-12H2,1-3H3,(H2,20,21,24)/t14-/m1/s1. The third-order valence-corrected chi connectivity index (χ3v) is 4.75. The van der Waals surface area contributed by atoms with Crippen LogP contribution in [0.4, 0.5) is 16.2 Å². The van der Waals surface area contributed by atoms with Crippen molar-refractivity contribution in [1.82, 2.24) is 5.32 Å². The van der Waals surface area contributed by atoms with Gasteiger partial charge in [-0.25, -0.2) is 4.79 Å². The summed E-state index contributed by atoms with van der Waals surface area (Å²) in [6.07, 6.45) is 2.12. The van der Waals surface area contributed by atoms with E-state index in [-0.39, 0.29) is 18.0 Å². The molecule has 2 N–H and O–H groups in total. The van der Waals surface area contributed by atoms with Gasteiger partial charge in [0.2, 0.25) is 5.91 Å². The summed E-state index contributed by atoms with van der Waals surface area (Å²) >= 11 is 0. The van der Waals surface area contributed by atoms with Crippen molar-refractivity contribution < 1.29 is 19.1 Å². The van der Waals surface area contributed by atoms with E-state index in [1.165, 1.54) is 0 Å². The predicted molar refractivity (Wildman–Crippen MR) is 99.7 cm³/mol. The lowest BCUT2D eigenvalue weighted by molar-refractivity contribution is -0.127. The highest BCUT2D eigenvalue weighted by atomic mass is 16.5. The van der Waals surface area contributed by atoms with Gasteiger partial charge in [0.1, 0.15) is 12.4 Å². The zero-order valence-electron chi connectivity index (χ0n) is 15.6. The van der Waals surface area contributed by atoms with Gasteiger partial charge in [-0.3, -0.25) is 4.79 Å². The van der Waals surface area contributed by atoms with Gasteiger partial charge in [0.05, 0.1) is 17.2 Å². The number of rotatable bonds is 4. The number of carbonyl (C=O) groups is 2. The van der Waals surface area contributed by atoms with Gasteiger partial charge in [0.25, 0.3) is 0 Å². The largest absolute Gasteiger partial charge is 0.490 e. The smallest absolute Gasteiger partial charge is 0.319 e. The first-order valence-corrected chi connectivity index (χ1v) is 9.16. The molecule has 1 aromatic carbocycles. The molecule has 0 aliphatic carbocycles. The molecule has 1 atom stereocenters. The Kier molecular flexibility index (Phi) is 5.36. The van der Waals surface area contributed by atoms with E-state index < -0.39 is 5.41 Å². The molecular formula is C19H27N3O4. The topological polar surface area (TPSA) is 79.9 Å². The summed E-state index contributed by atoms with van der Waals surface area (Å²) in [6, 6.07) is 5.08. The molecule has 1 aromatic rings. The fourth-order valence-electron chi connectivity index (χ4n) is 3.23. The quantitative estimate of drug-likeness (QED) is 0.864. The van der Waals surface area contributed by atoms with Crippen LogP contribution in [0.15, 0.2) is 18.2 Å². The van der Waals surface area contributed by atoms with Crippen LogP contribution in [0.2, 0.25) is 0 Å². The molecule has 0 bridgehead atoms. The fraction of sp³-hybridized carbons (Fsp3) is 0.579. The Morgan fingerprint density at radius 3 is 2.88 bits per heavy atom. The number of hydrogen-bond donors (Lipinski definition) is 2. The van der Waals surface area contributed by atoms with Gasteiger partial charge in [-0.05, 0) is 45.7 Å². The van der Waals surface area contributed by atoms with Crippen molar-refractivity contribution in [2.45, 2.75) is 39.7 Å². The summed E-state index contributed by atoms with van der Waals surface area (Å²) in [4.78, 5) is 26.5. The first kappa shape index (κ1) is 18.5. The summed E-state index contributed by atoms with van der Waals surface area (Å²) < 4.78 is 11.4. The highest BCUT2D eigenvalue weighted by Crippen LogP contribution is 2.38. The maximum atomic E-state index is 12.7. The van der Waals surface area contributed by atoms with E-state index in [1.807, 2.05) is 26.8 Å². The Morgan fingerprint density at radius 2 is 2.19 bits per heavy atom. The minimum Gasteiger partial charge on any atom is -0.490 e. The van der Waals surface area contributed by atoms with E-state index in [1.54, 1.807) is 17.0 Å². The number of urea groups is 1. The maximum absolute atomic E-state index is 12.7. The van der Waals surface area contributed by atoms with Crippen molar-refractivity contribution in [3.63, 3.8) is 0 Å². The molecule has 0 radical (unpaired) electrons. The second-order valence-corrected chi connectivity index (χ2v) is 7.37. The molecule has 2 aliphatic heterocycles. The van der Waals surface area contributed by atoms with Gasteiger partial charge >= 0.3 is 6.03 Å². The van der Waals surface area contributed by atoms with Crippen LogP contribution < -0.4 is 20.3 Å². The zero-order valence-corrected chi connectivity index (χ0v) is 15.6. The monoisotopic (exact) mass is 361 g/mol. The molecular weight excluding hydrogens is 334 g/mol. The lowest BCUT2D eigenvalue weighted by Gasteiger charge is -2.26. The molecule has 1 saturated heterocycles. The number of benzene rings is 1. The molecule has 0 unspecified atom stereocenters. The molecule has 0 saturated carbocycles. The SMILES string of the molecule is CCN1C(=O)C(C)(C)COc2cc(NC(=O)NC[C@H]3CCCO3)ccc21. The number of amides is 3. The molecule has 142 valence electrons. The molecule has 26 heavy (non-hydrogen) atoms. The normalized spacial score (nSPS) is 21.6. The maximum Gasteiger partial charge on any atom is 0.319 e. The van der Waals surface area contributed by atoms with Crippen molar-refractivity contribution in [1.29, 1.82) is 0 Å². The van der Waals surface area contributed by atoms with Crippen LogP contribution in [0, 0.1) is 5.41 Å². The Hall–Kier alpha value is -2.28. The molecule has 3 amide bonds. The van der Waals surface area contributed by atoms with Gasteiger partial charge in [0, 0.05) is 31.5 Å². The first-order valence-electron chi connectivity index (χ1n) is 9.16. The number of hydrogen-bond acceptors (Lipinski definition) is 4. The van der Waals surface area contributed by atoms with E-state index in [0.29, 0.717) is 31.1 Å². The van der Waals surface area contributed by atoms with Crippen LogP contribution in [0.1, 0.15) is 33.6 Å². The Bertz CT molecular complexity index is 683. The van der Waals surface area contributed by atoms with Crippen LogP contribution in [-0.4, -0.2) is 44.3 Å². The number of fused-ring (bicyclic) bond motifs is 1. The molecule has 0 aromatic heterocycles. The highest BCUT2D eigenvalue weighted by Gasteiger charge is 2.37. The number of anilines is 2. The van der Waals surface area contributed by atoms with Crippen molar-refractivity contribution in [3.8, 4) is 5.75 Å².